The van der Waals surface area contributed by atoms with Crippen LogP contribution in [0.2, 0.25) is 0 Å². The van der Waals surface area contributed by atoms with Gasteiger partial charge < -0.3 is 14.9 Å². The quantitative estimate of drug-likeness (QED) is 0.606. The molecule has 1 heterocycles. The molecule has 0 bridgehead atoms. The van der Waals surface area contributed by atoms with Crippen molar-refractivity contribution >= 4 is 6.09 Å². The first-order valence-corrected chi connectivity index (χ1v) is 4.75. The van der Waals surface area contributed by atoms with Crippen LogP contribution in [0.5, 0.6) is 0 Å². The van der Waals surface area contributed by atoms with Gasteiger partial charge in [0.05, 0.1) is 13.1 Å². The van der Waals surface area contributed by atoms with Gasteiger partial charge in [0.2, 0.25) is 5.79 Å². The number of amides is 1. The highest BCUT2D eigenvalue weighted by Gasteiger charge is 2.60. The summed E-state index contributed by atoms with van der Waals surface area (Å²) in [6.07, 6.45) is -0.989. The van der Waals surface area contributed by atoms with Crippen molar-refractivity contribution in [2.45, 2.75) is 38.1 Å². The third kappa shape index (κ3) is 2.59. The number of ether oxygens (including phenoxy) is 1. The molecule has 1 aliphatic rings. The molecule has 0 aromatic rings. The fourth-order valence-electron chi connectivity index (χ4n) is 1.26. The summed E-state index contributed by atoms with van der Waals surface area (Å²) in [5.74, 6) is -6.94. The molecule has 0 radical (unpaired) electrons. The van der Waals surface area contributed by atoms with Crippen LogP contribution in [0.25, 0.3) is 0 Å². The molecule has 94 valence electrons. The molecule has 1 amide bonds. The molecule has 2 N–H and O–H groups in total. The van der Waals surface area contributed by atoms with Crippen LogP contribution < -0.4 is 0 Å². The normalized spacial score (nSPS) is 23.3. The summed E-state index contributed by atoms with van der Waals surface area (Å²) in [5, 5.41) is 18.0. The average molecular weight is 239 g/mol. The van der Waals surface area contributed by atoms with Crippen LogP contribution in [-0.4, -0.2) is 51.6 Å². The van der Waals surface area contributed by atoms with Crippen LogP contribution in [0.3, 0.4) is 0 Å². The third-order valence-corrected chi connectivity index (χ3v) is 2.04. The molecule has 0 saturated carbocycles. The number of nitrogens with zero attached hydrogens (tertiary/aromatic N) is 1. The van der Waals surface area contributed by atoms with Gasteiger partial charge in [-0.2, -0.15) is 8.78 Å². The van der Waals surface area contributed by atoms with E-state index >= 15 is 0 Å². The third-order valence-electron chi connectivity index (χ3n) is 2.04. The van der Waals surface area contributed by atoms with E-state index in [0.29, 0.717) is 4.90 Å². The van der Waals surface area contributed by atoms with E-state index in [1.807, 2.05) is 0 Å². The average Bonchev–Trinajstić information content (AvgIpc) is 2.17. The van der Waals surface area contributed by atoms with Crippen molar-refractivity contribution in [3.63, 3.8) is 0 Å². The Hall–Kier alpha value is -0.950. The monoisotopic (exact) mass is 239 g/mol. The smallest absolute Gasteiger partial charge is 0.410 e. The summed E-state index contributed by atoms with van der Waals surface area (Å²) in [6, 6.07) is 0. The van der Waals surface area contributed by atoms with Crippen molar-refractivity contribution in [2.24, 2.45) is 0 Å². The van der Waals surface area contributed by atoms with Crippen molar-refractivity contribution in [3.8, 4) is 0 Å². The van der Waals surface area contributed by atoms with Crippen molar-refractivity contribution in [1.82, 2.24) is 4.90 Å². The van der Waals surface area contributed by atoms with E-state index in [1.165, 1.54) is 0 Å². The molecular formula is C9H15F2NO4. The summed E-state index contributed by atoms with van der Waals surface area (Å²) in [5.41, 5.74) is -0.817. The molecule has 5 nitrogen and oxygen atoms in total. The molecular weight excluding hydrogens is 224 g/mol. The predicted molar refractivity (Wildman–Crippen MR) is 49.9 cm³/mol. The number of carbonyl (C=O) groups is 1. The molecule has 7 heteroatoms. The van der Waals surface area contributed by atoms with E-state index in [9.17, 15) is 13.6 Å². The van der Waals surface area contributed by atoms with Crippen molar-refractivity contribution in [1.29, 1.82) is 0 Å². The number of carbonyl (C=O) groups excluding carboxylic acids is 1. The zero-order valence-corrected chi connectivity index (χ0v) is 9.33. The highest BCUT2D eigenvalue weighted by molar-refractivity contribution is 5.69. The molecule has 1 saturated heterocycles. The summed E-state index contributed by atoms with van der Waals surface area (Å²) in [7, 11) is 0. The Morgan fingerprint density at radius 1 is 1.31 bits per heavy atom. The molecule has 16 heavy (non-hydrogen) atoms. The molecule has 0 atom stereocenters. The number of rotatable bonds is 0. The summed E-state index contributed by atoms with van der Waals surface area (Å²) >= 11 is 0. The number of halogens is 2. The number of β-amino-alcohol motifs (C(OH)–C–C–N with tert-alkyl or cyclic N) is 2. The maximum Gasteiger partial charge on any atom is 0.410 e. The Bertz CT molecular complexity index is 282. The number of hydrogen-bond acceptors (Lipinski definition) is 4. The van der Waals surface area contributed by atoms with Gasteiger partial charge in [-0.15, -0.1) is 0 Å². The largest absolute Gasteiger partial charge is 0.444 e. The zero-order valence-electron chi connectivity index (χ0n) is 9.33. The summed E-state index contributed by atoms with van der Waals surface area (Å²) in [6.45, 7) is 2.84. The number of hydrogen-bond donors (Lipinski definition) is 2. The van der Waals surface area contributed by atoms with Gasteiger partial charge in [-0.25, -0.2) is 4.79 Å². The van der Waals surface area contributed by atoms with Gasteiger partial charge in [-0.3, -0.25) is 4.90 Å². The van der Waals surface area contributed by atoms with E-state index in [2.05, 4.69) is 0 Å². The van der Waals surface area contributed by atoms with Crippen molar-refractivity contribution in [3.05, 3.63) is 0 Å². The summed E-state index contributed by atoms with van der Waals surface area (Å²) in [4.78, 5) is 12.0. The standard InChI is InChI=1S/C9H15F2NO4/c1-7(2,3)16-6(13)12-4-8(10,11)9(14,15)5-12/h14-15H,4-5H2,1-3H3. The maximum absolute atomic E-state index is 13.0. The van der Waals surface area contributed by atoms with E-state index in [-0.39, 0.29) is 0 Å². The van der Waals surface area contributed by atoms with Gasteiger partial charge in [-0.1, -0.05) is 0 Å². The predicted octanol–water partition coefficient (Wildman–Crippen LogP) is 0.553. The zero-order chi connectivity index (χ0) is 12.8. The molecule has 0 aromatic carbocycles. The van der Waals surface area contributed by atoms with E-state index < -0.39 is 36.5 Å². The first-order valence-electron chi connectivity index (χ1n) is 4.75. The van der Waals surface area contributed by atoms with Crippen LogP contribution >= 0.6 is 0 Å². The minimum Gasteiger partial charge on any atom is -0.444 e. The van der Waals surface area contributed by atoms with Crippen LogP contribution in [0.15, 0.2) is 0 Å². The molecule has 1 fully saturated rings. The van der Waals surface area contributed by atoms with Gasteiger partial charge in [0.15, 0.2) is 0 Å². The lowest BCUT2D eigenvalue weighted by molar-refractivity contribution is -0.265. The Balaban J connectivity index is 2.70. The van der Waals surface area contributed by atoms with Crippen LogP contribution in [0.1, 0.15) is 20.8 Å². The fraction of sp³-hybridized carbons (Fsp3) is 0.889. The van der Waals surface area contributed by atoms with Crippen LogP contribution in [-0.2, 0) is 4.74 Å². The molecule has 0 aliphatic carbocycles. The Morgan fingerprint density at radius 3 is 2.12 bits per heavy atom. The SMILES string of the molecule is CC(C)(C)OC(=O)N1CC(O)(O)C(F)(F)C1. The molecule has 0 unspecified atom stereocenters. The summed E-state index contributed by atoms with van der Waals surface area (Å²) < 4.78 is 30.9. The molecule has 1 rings (SSSR count). The number of aliphatic hydroxyl groups is 2. The van der Waals surface area contributed by atoms with E-state index in [1.54, 1.807) is 20.8 Å². The minimum atomic E-state index is -3.75. The topological polar surface area (TPSA) is 70.0 Å². The van der Waals surface area contributed by atoms with Gasteiger partial charge in [-0.05, 0) is 20.8 Å². The lowest BCUT2D eigenvalue weighted by Gasteiger charge is -2.24. The molecule has 0 spiro atoms. The van der Waals surface area contributed by atoms with Crippen LogP contribution in [0.4, 0.5) is 13.6 Å². The van der Waals surface area contributed by atoms with Gasteiger partial charge in [0.25, 0.3) is 0 Å². The first kappa shape index (κ1) is 13.1. The number of alkyl halides is 2. The Labute approximate surface area is 91.6 Å². The highest BCUT2D eigenvalue weighted by Crippen LogP contribution is 2.35. The van der Waals surface area contributed by atoms with E-state index in [0.717, 1.165) is 0 Å². The second-order valence-corrected chi connectivity index (χ2v) is 4.86. The van der Waals surface area contributed by atoms with Gasteiger partial charge in [0.1, 0.15) is 5.60 Å². The molecule has 1 aliphatic heterocycles. The van der Waals surface area contributed by atoms with Crippen molar-refractivity contribution in [2.75, 3.05) is 13.1 Å². The Morgan fingerprint density at radius 2 is 1.81 bits per heavy atom. The van der Waals surface area contributed by atoms with Gasteiger partial charge in [0, 0.05) is 0 Å². The fourth-order valence-corrected chi connectivity index (χ4v) is 1.26. The maximum atomic E-state index is 13.0. The second-order valence-electron chi connectivity index (χ2n) is 4.86. The minimum absolute atomic E-state index is 0.575. The lowest BCUT2D eigenvalue weighted by atomic mass is 10.2. The lowest BCUT2D eigenvalue weighted by Crippen LogP contribution is -2.46. The van der Waals surface area contributed by atoms with Gasteiger partial charge >= 0.3 is 12.0 Å². The number of likely N-dealkylation sites (tertiary alicyclic amines) is 1. The second kappa shape index (κ2) is 3.53. The van der Waals surface area contributed by atoms with Crippen LogP contribution in [0, 0.1) is 0 Å². The molecule has 0 aromatic heterocycles. The Kier molecular flexibility index (Phi) is 2.89. The van der Waals surface area contributed by atoms with Crippen molar-refractivity contribution < 1.29 is 28.5 Å². The first-order chi connectivity index (χ1) is 6.95. The van der Waals surface area contributed by atoms with E-state index in [4.69, 9.17) is 14.9 Å². The highest BCUT2D eigenvalue weighted by atomic mass is 19.3.